The molecule has 0 radical (unpaired) electrons. The largest absolute Gasteiger partial charge is 0.393 e. The molecule has 5 heteroatoms. The maximum atomic E-state index is 11.5. The average Bonchev–Trinajstić information content (AvgIpc) is 2.27. The first-order valence-electron chi connectivity index (χ1n) is 5.72. The van der Waals surface area contributed by atoms with Crippen LogP contribution in [-0.4, -0.2) is 28.8 Å². The Labute approximate surface area is 101 Å². The summed E-state index contributed by atoms with van der Waals surface area (Å²) in [6.07, 6.45) is 1.95. The average molecular weight is 237 g/mol. The second-order valence-electron chi connectivity index (χ2n) is 4.24. The summed E-state index contributed by atoms with van der Waals surface area (Å²) in [5.41, 5.74) is 0. The number of rotatable bonds is 5. The molecule has 0 aliphatic carbocycles. The number of nitrogens with zero attached hydrogens (tertiary/aromatic N) is 1. The lowest BCUT2D eigenvalue weighted by Crippen LogP contribution is -2.33. The molecule has 0 bridgehead atoms. The number of pyridine rings is 1. The summed E-state index contributed by atoms with van der Waals surface area (Å²) in [7, 11) is 0. The van der Waals surface area contributed by atoms with E-state index in [2.05, 4.69) is 15.6 Å². The first-order valence-corrected chi connectivity index (χ1v) is 5.72. The number of hydrogen-bond donors (Lipinski definition) is 3. The minimum Gasteiger partial charge on any atom is -0.393 e. The third-order valence-electron chi connectivity index (χ3n) is 2.26. The van der Waals surface area contributed by atoms with E-state index in [9.17, 15) is 9.90 Å². The van der Waals surface area contributed by atoms with Crippen molar-refractivity contribution in [2.24, 2.45) is 5.92 Å². The Kier molecular flexibility index (Phi) is 5.42. The molecule has 2 unspecified atom stereocenters. The number of urea groups is 1. The van der Waals surface area contributed by atoms with Gasteiger partial charge in [-0.2, -0.15) is 0 Å². The van der Waals surface area contributed by atoms with Gasteiger partial charge < -0.3 is 10.4 Å². The molecule has 0 saturated carbocycles. The van der Waals surface area contributed by atoms with Gasteiger partial charge in [0.2, 0.25) is 0 Å². The van der Waals surface area contributed by atoms with Gasteiger partial charge in [-0.25, -0.2) is 9.78 Å². The Morgan fingerprint density at radius 2 is 2.24 bits per heavy atom. The zero-order chi connectivity index (χ0) is 12.7. The van der Waals surface area contributed by atoms with Crippen LogP contribution in [0.3, 0.4) is 0 Å². The van der Waals surface area contributed by atoms with Crippen LogP contribution >= 0.6 is 0 Å². The summed E-state index contributed by atoms with van der Waals surface area (Å²) in [6.45, 7) is 4.25. The van der Waals surface area contributed by atoms with E-state index in [1.807, 2.05) is 6.92 Å². The van der Waals surface area contributed by atoms with E-state index >= 15 is 0 Å². The fourth-order valence-corrected chi connectivity index (χ4v) is 1.53. The van der Waals surface area contributed by atoms with E-state index in [4.69, 9.17) is 0 Å². The number of anilines is 1. The van der Waals surface area contributed by atoms with Gasteiger partial charge in [0.1, 0.15) is 5.82 Å². The summed E-state index contributed by atoms with van der Waals surface area (Å²) in [5, 5.41) is 14.5. The highest BCUT2D eigenvalue weighted by atomic mass is 16.3. The molecular weight excluding hydrogens is 218 g/mol. The smallest absolute Gasteiger partial charge is 0.320 e. The van der Waals surface area contributed by atoms with Gasteiger partial charge in [0.25, 0.3) is 0 Å². The highest BCUT2D eigenvalue weighted by Crippen LogP contribution is 2.04. The van der Waals surface area contributed by atoms with E-state index in [1.54, 1.807) is 31.3 Å². The van der Waals surface area contributed by atoms with Gasteiger partial charge in [0.05, 0.1) is 6.10 Å². The Balaban J connectivity index is 2.26. The van der Waals surface area contributed by atoms with Gasteiger partial charge >= 0.3 is 6.03 Å². The molecule has 5 nitrogen and oxygen atoms in total. The highest BCUT2D eigenvalue weighted by Gasteiger charge is 2.08. The zero-order valence-corrected chi connectivity index (χ0v) is 10.2. The van der Waals surface area contributed by atoms with Crippen LogP contribution in [0.1, 0.15) is 20.3 Å². The number of carbonyl (C=O) groups excluding carboxylic acids is 1. The topological polar surface area (TPSA) is 74.2 Å². The monoisotopic (exact) mass is 237 g/mol. The lowest BCUT2D eigenvalue weighted by Gasteiger charge is -2.14. The van der Waals surface area contributed by atoms with Crippen LogP contribution in [0.25, 0.3) is 0 Å². The van der Waals surface area contributed by atoms with Crippen LogP contribution in [0.4, 0.5) is 10.6 Å². The maximum Gasteiger partial charge on any atom is 0.320 e. The zero-order valence-electron chi connectivity index (χ0n) is 10.2. The number of aliphatic hydroxyl groups is 1. The lowest BCUT2D eigenvalue weighted by molar-refractivity contribution is 0.163. The molecule has 2 atom stereocenters. The van der Waals surface area contributed by atoms with Crippen molar-refractivity contribution < 1.29 is 9.90 Å². The van der Waals surface area contributed by atoms with Gasteiger partial charge in [0, 0.05) is 12.7 Å². The van der Waals surface area contributed by atoms with Crippen molar-refractivity contribution in [2.45, 2.75) is 26.4 Å². The van der Waals surface area contributed by atoms with Crippen molar-refractivity contribution in [1.29, 1.82) is 0 Å². The Bertz CT molecular complexity index is 341. The fraction of sp³-hybridized carbons (Fsp3) is 0.500. The molecule has 0 aliphatic rings. The molecule has 0 fully saturated rings. The molecule has 17 heavy (non-hydrogen) atoms. The van der Waals surface area contributed by atoms with Crippen molar-refractivity contribution in [3.63, 3.8) is 0 Å². The molecule has 1 heterocycles. The van der Waals surface area contributed by atoms with Crippen LogP contribution in [0.5, 0.6) is 0 Å². The van der Waals surface area contributed by atoms with Crippen molar-refractivity contribution in [3.8, 4) is 0 Å². The fourth-order valence-electron chi connectivity index (χ4n) is 1.53. The van der Waals surface area contributed by atoms with Gasteiger partial charge in [0.15, 0.2) is 0 Å². The summed E-state index contributed by atoms with van der Waals surface area (Å²) in [6, 6.07) is 5.03. The van der Waals surface area contributed by atoms with Crippen LogP contribution in [0.15, 0.2) is 24.4 Å². The number of amides is 2. The number of hydrogen-bond acceptors (Lipinski definition) is 3. The summed E-state index contributed by atoms with van der Waals surface area (Å²) in [4.78, 5) is 15.5. The van der Waals surface area contributed by atoms with Crippen molar-refractivity contribution in [1.82, 2.24) is 10.3 Å². The second kappa shape index (κ2) is 6.85. The first kappa shape index (κ1) is 13.4. The first-order chi connectivity index (χ1) is 8.08. The van der Waals surface area contributed by atoms with Crippen LogP contribution in [0, 0.1) is 5.92 Å². The lowest BCUT2D eigenvalue weighted by atomic mass is 10.1. The summed E-state index contributed by atoms with van der Waals surface area (Å²) < 4.78 is 0. The van der Waals surface area contributed by atoms with Gasteiger partial charge in [-0.05, 0) is 31.4 Å². The third kappa shape index (κ3) is 5.87. The van der Waals surface area contributed by atoms with Gasteiger partial charge in [-0.15, -0.1) is 0 Å². The molecular formula is C12H19N3O2. The highest BCUT2D eigenvalue weighted by molar-refractivity contribution is 5.88. The molecule has 2 amide bonds. The van der Waals surface area contributed by atoms with Crippen molar-refractivity contribution in [3.05, 3.63) is 24.4 Å². The number of aliphatic hydroxyl groups excluding tert-OH is 1. The molecule has 0 saturated heterocycles. The van der Waals surface area contributed by atoms with Crippen LogP contribution < -0.4 is 10.6 Å². The minimum absolute atomic E-state index is 0.240. The predicted octanol–water partition coefficient (Wildman–Crippen LogP) is 1.61. The molecule has 1 rings (SSSR count). The van der Waals surface area contributed by atoms with E-state index in [1.165, 1.54) is 0 Å². The van der Waals surface area contributed by atoms with E-state index < -0.39 is 0 Å². The number of carbonyl (C=O) groups is 1. The molecule has 1 aromatic heterocycles. The predicted molar refractivity (Wildman–Crippen MR) is 66.7 cm³/mol. The normalized spacial score (nSPS) is 13.8. The quantitative estimate of drug-likeness (QED) is 0.728. The molecule has 0 aromatic carbocycles. The second-order valence-corrected chi connectivity index (χ2v) is 4.24. The van der Waals surface area contributed by atoms with E-state index in [0.717, 1.165) is 0 Å². The minimum atomic E-state index is -0.342. The van der Waals surface area contributed by atoms with E-state index in [0.29, 0.717) is 18.8 Å². The molecule has 1 aromatic rings. The number of nitrogens with one attached hydrogen (secondary N) is 2. The Morgan fingerprint density at radius 3 is 2.82 bits per heavy atom. The summed E-state index contributed by atoms with van der Waals surface area (Å²) >= 11 is 0. The Morgan fingerprint density at radius 1 is 1.47 bits per heavy atom. The van der Waals surface area contributed by atoms with Crippen LogP contribution in [-0.2, 0) is 0 Å². The molecule has 0 aliphatic heterocycles. The van der Waals surface area contributed by atoms with Crippen LogP contribution in [0.2, 0.25) is 0 Å². The summed E-state index contributed by atoms with van der Waals surface area (Å²) in [5.74, 6) is 0.762. The van der Waals surface area contributed by atoms with E-state index in [-0.39, 0.29) is 18.1 Å². The van der Waals surface area contributed by atoms with Gasteiger partial charge in [-0.3, -0.25) is 5.32 Å². The van der Waals surface area contributed by atoms with Gasteiger partial charge in [-0.1, -0.05) is 13.0 Å². The maximum absolute atomic E-state index is 11.5. The van der Waals surface area contributed by atoms with Crippen molar-refractivity contribution >= 4 is 11.8 Å². The third-order valence-corrected chi connectivity index (χ3v) is 2.26. The standard InChI is InChI=1S/C12H19N3O2/c1-9(7-10(2)16)8-14-12(17)15-11-5-3-4-6-13-11/h3-6,9-10,16H,7-8H2,1-2H3,(H2,13,14,15,17). The molecule has 94 valence electrons. The number of aromatic nitrogens is 1. The molecule has 3 N–H and O–H groups in total. The Hall–Kier alpha value is -1.62. The molecule has 0 spiro atoms. The van der Waals surface area contributed by atoms with Crippen molar-refractivity contribution in [2.75, 3.05) is 11.9 Å². The SMILES string of the molecule is CC(O)CC(C)CNC(=O)Nc1ccccn1.